The summed E-state index contributed by atoms with van der Waals surface area (Å²) >= 11 is 0. The molecule has 5 nitrogen and oxygen atoms in total. The first-order valence-corrected chi connectivity index (χ1v) is 7.68. The van der Waals surface area contributed by atoms with Crippen LogP contribution >= 0.6 is 0 Å². The number of fused-ring (bicyclic) bond motifs is 2. The Labute approximate surface area is 130 Å². The Balaban J connectivity index is 2.01. The number of aliphatic hydroxyl groups excluding tert-OH is 1. The molecule has 3 aliphatic rings. The van der Waals surface area contributed by atoms with E-state index >= 15 is 0 Å². The first-order chi connectivity index (χ1) is 10.3. The van der Waals surface area contributed by atoms with Gasteiger partial charge in [0.2, 0.25) is 0 Å². The van der Waals surface area contributed by atoms with Crippen molar-refractivity contribution in [3.05, 3.63) is 24.3 Å². The van der Waals surface area contributed by atoms with Crippen LogP contribution in [0.5, 0.6) is 0 Å². The van der Waals surface area contributed by atoms with Crippen LogP contribution in [0.3, 0.4) is 0 Å². The predicted molar refractivity (Wildman–Crippen MR) is 78.7 cm³/mol. The molecule has 1 saturated heterocycles. The Morgan fingerprint density at radius 2 is 2.14 bits per heavy atom. The number of ether oxygens (including phenoxy) is 2. The summed E-state index contributed by atoms with van der Waals surface area (Å²) in [7, 11) is 0. The quantitative estimate of drug-likeness (QED) is 0.454. The molecule has 2 saturated carbocycles. The molecule has 2 aliphatic carbocycles. The molecule has 1 aliphatic heterocycles. The van der Waals surface area contributed by atoms with Crippen molar-refractivity contribution in [2.75, 3.05) is 0 Å². The fourth-order valence-electron chi connectivity index (χ4n) is 4.30. The zero-order valence-electron chi connectivity index (χ0n) is 13.0. The number of esters is 2. The lowest BCUT2D eigenvalue weighted by Gasteiger charge is -2.54. The maximum Gasteiger partial charge on any atom is 0.334 e. The van der Waals surface area contributed by atoms with Gasteiger partial charge in [0.15, 0.2) is 0 Å². The standard InChI is InChI=1S/C17H22O5/c1-8-7-12(21-10(3)18)13-9(2)16(20)22-14(13)15(19)17(4)6-5-11(8)17/h11-15,19H,1-2,5-7H2,3-4H3/t11-,12+,13+,14-,15+,17+/m0/s1. The molecular weight excluding hydrogens is 284 g/mol. The van der Waals surface area contributed by atoms with Crippen molar-refractivity contribution < 1.29 is 24.2 Å². The highest BCUT2D eigenvalue weighted by Gasteiger charge is 2.59. The van der Waals surface area contributed by atoms with E-state index in [1.807, 2.05) is 6.92 Å². The fourth-order valence-corrected chi connectivity index (χ4v) is 4.30. The maximum atomic E-state index is 11.9. The maximum absolute atomic E-state index is 11.9. The van der Waals surface area contributed by atoms with Gasteiger partial charge >= 0.3 is 11.9 Å². The van der Waals surface area contributed by atoms with Gasteiger partial charge in [-0.2, -0.15) is 0 Å². The summed E-state index contributed by atoms with van der Waals surface area (Å²) in [6, 6.07) is 0. The summed E-state index contributed by atoms with van der Waals surface area (Å²) in [5.41, 5.74) is 0.889. The molecule has 1 N–H and O–H groups in total. The minimum absolute atomic E-state index is 0.161. The number of hydrogen-bond donors (Lipinski definition) is 1. The van der Waals surface area contributed by atoms with Gasteiger partial charge in [-0.1, -0.05) is 25.7 Å². The first kappa shape index (κ1) is 15.3. The Morgan fingerprint density at radius 1 is 1.45 bits per heavy atom. The summed E-state index contributed by atoms with van der Waals surface area (Å²) < 4.78 is 10.8. The molecule has 0 aromatic carbocycles. The third-order valence-electron chi connectivity index (χ3n) is 5.69. The van der Waals surface area contributed by atoms with E-state index in [-0.39, 0.29) is 16.9 Å². The topological polar surface area (TPSA) is 72.8 Å². The minimum atomic E-state index is -0.811. The van der Waals surface area contributed by atoms with Gasteiger partial charge in [-0.15, -0.1) is 0 Å². The van der Waals surface area contributed by atoms with Crippen molar-refractivity contribution in [2.24, 2.45) is 17.3 Å². The van der Waals surface area contributed by atoms with Crippen LogP contribution in [-0.4, -0.2) is 35.4 Å². The average Bonchev–Trinajstić information content (AvgIpc) is 2.69. The highest BCUT2D eigenvalue weighted by atomic mass is 16.6. The number of aliphatic hydroxyl groups is 1. The van der Waals surface area contributed by atoms with Crippen molar-refractivity contribution in [3.8, 4) is 0 Å². The second kappa shape index (κ2) is 4.95. The largest absolute Gasteiger partial charge is 0.461 e. The molecule has 1 heterocycles. The van der Waals surface area contributed by atoms with Gasteiger partial charge in [-0.05, 0) is 18.8 Å². The van der Waals surface area contributed by atoms with Crippen LogP contribution in [0.1, 0.15) is 33.1 Å². The summed E-state index contributed by atoms with van der Waals surface area (Å²) in [4.78, 5) is 23.4. The van der Waals surface area contributed by atoms with Gasteiger partial charge in [-0.3, -0.25) is 4.79 Å². The van der Waals surface area contributed by atoms with E-state index in [0.717, 1.165) is 18.4 Å². The molecule has 0 unspecified atom stereocenters. The molecule has 5 heteroatoms. The molecule has 0 spiro atoms. The Morgan fingerprint density at radius 3 is 2.68 bits per heavy atom. The molecule has 22 heavy (non-hydrogen) atoms. The van der Waals surface area contributed by atoms with Crippen LogP contribution in [0.25, 0.3) is 0 Å². The SMILES string of the molecule is C=C1C(=O)O[C@H]2[C@H]1[C@H](OC(C)=O)CC(=C)[C@@H]1CC[C@@]1(C)[C@@H]2O. The van der Waals surface area contributed by atoms with E-state index < -0.39 is 36.2 Å². The van der Waals surface area contributed by atoms with Crippen molar-refractivity contribution in [1.82, 2.24) is 0 Å². The van der Waals surface area contributed by atoms with E-state index in [1.54, 1.807) is 0 Å². The molecule has 6 atom stereocenters. The summed E-state index contributed by atoms with van der Waals surface area (Å²) in [6.45, 7) is 11.3. The van der Waals surface area contributed by atoms with E-state index in [0.29, 0.717) is 6.42 Å². The van der Waals surface area contributed by atoms with Crippen LogP contribution in [0, 0.1) is 17.3 Å². The second-order valence-corrected chi connectivity index (χ2v) is 6.97. The first-order valence-electron chi connectivity index (χ1n) is 7.68. The van der Waals surface area contributed by atoms with Crippen molar-refractivity contribution >= 4 is 11.9 Å². The van der Waals surface area contributed by atoms with Crippen LogP contribution in [0.15, 0.2) is 24.3 Å². The van der Waals surface area contributed by atoms with Crippen LogP contribution in [0.2, 0.25) is 0 Å². The third-order valence-corrected chi connectivity index (χ3v) is 5.69. The Kier molecular flexibility index (Phi) is 3.44. The Hall–Kier alpha value is -1.62. The van der Waals surface area contributed by atoms with Crippen LogP contribution in [-0.2, 0) is 19.1 Å². The van der Waals surface area contributed by atoms with Gasteiger partial charge in [0.25, 0.3) is 0 Å². The van der Waals surface area contributed by atoms with E-state index in [2.05, 4.69) is 13.2 Å². The number of carbonyl (C=O) groups is 2. The fraction of sp³-hybridized carbons (Fsp3) is 0.647. The molecule has 0 amide bonds. The normalized spacial score (nSPS) is 44.1. The van der Waals surface area contributed by atoms with Gasteiger partial charge in [0.1, 0.15) is 12.2 Å². The molecule has 0 radical (unpaired) electrons. The smallest absolute Gasteiger partial charge is 0.334 e. The number of hydrogen-bond acceptors (Lipinski definition) is 5. The molecule has 0 bridgehead atoms. The molecule has 3 fully saturated rings. The minimum Gasteiger partial charge on any atom is -0.461 e. The van der Waals surface area contributed by atoms with E-state index in [4.69, 9.17) is 9.47 Å². The van der Waals surface area contributed by atoms with E-state index in [1.165, 1.54) is 6.92 Å². The van der Waals surface area contributed by atoms with Gasteiger partial charge in [-0.25, -0.2) is 4.79 Å². The zero-order valence-corrected chi connectivity index (χ0v) is 13.0. The molecule has 0 aromatic heterocycles. The van der Waals surface area contributed by atoms with Gasteiger partial charge in [0, 0.05) is 24.3 Å². The van der Waals surface area contributed by atoms with Gasteiger partial charge < -0.3 is 14.6 Å². The third kappa shape index (κ3) is 2.02. The van der Waals surface area contributed by atoms with Crippen molar-refractivity contribution in [3.63, 3.8) is 0 Å². The lowest BCUT2D eigenvalue weighted by molar-refractivity contribution is -0.173. The van der Waals surface area contributed by atoms with Crippen molar-refractivity contribution in [1.29, 1.82) is 0 Å². The van der Waals surface area contributed by atoms with Crippen LogP contribution < -0.4 is 0 Å². The predicted octanol–water partition coefficient (Wildman–Crippen LogP) is 1.75. The van der Waals surface area contributed by atoms with Crippen molar-refractivity contribution in [2.45, 2.75) is 51.4 Å². The molecule has 120 valence electrons. The number of carbonyl (C=O) groups excluding carboxylic acids is 2. The highest BCUT2D eigenvalue weighted by Crippen LogP contribution is 2.57. The summed E-state index contributed by atoms with van der Waals surface area (Å²) in [5.74, 6) is -1.29. The summed E-state index contributed by atoms with van der Waals surface area (Å²) in [6.07, 6.45) is 0.214. The van der Waals surface area contributed by atoms with Gasteiger partial charge in [0.05, 0.1) is 12.0 Å². The second-order valence-electron chi connectivity index (χ2n) is 6.97. The lowest BCUT2D eigenvalue weighted by atomic mass is 9.52. The molecule has 3 rings (SSSR count). The number of rotatable bonds is 1. The highest BCUT2D eigenvalue weighted by molar-refractivity contribution is 5.91. The Bertz CT molecular complexity index is 565. The average molecular weight is 306 g/mol. The molecule has 0 aromatic rings. The monoisotopic (exact) mass is 306 g/mol. The summed E-state index contributed by atoms with van der Waals surface area (Å²) in [5, 5.41) is 10.8. The van der Waals surface area contributed by atoms with Crippen LogP contribution in [0.4, 0.5) is 0 Å². The van der Waals surface area contributed by atoms with E-state index in [9.17, 15) is 14.7 Å². The zero-order chi connectivity index (χ0) is 16.2. The molecular formula is C17H22O5. The lowest BCUT2D eigenvalue weighted by Crippen LogP contribution is -2.57.